The van der Waals surface area contributed by atoms with Crippen molar-refractivity contribution < 1.29 is 19.1 Å². The van der Waals surface area contributed by atoms with Crippen LogP contribution >= 0.6 is 0 Å². The van der Waals surface area contributed by atoms with Crippen LogP contribution in [0, 0.1) is 0 Å². The van der Waals surface area contributed by atoms with Crippen molar-refractivity contribution in [3.63, 3.8) is 0 Å². The van der Waals surface area contributed by atoms with Gasteiger partial charge in [-0.3, -0.25) is 4.79 Å². The number of ketones is 1. The predicted octanol–water partition coefficient (Wildman–Crippen LogP) is 2.60. The molecule has 106 valence electrons. The minimum atomic E-state index is -0.333. The lowest BCUT2D eigenvalue weighted by Gasteiger charge is -2.00. The summed E-state index contributed by atoms with van der Waals surface area (Å²) < 4.78 is 9.87. The molecule has 4 nitrogen and oxygen atoms in total. The molecule has 0 saturated carbocycles. The van der Waals surface area contributed by atoms with Gasteiger partial charge in [-0.1, -0.05) is 24.3 Å². The van der Waals surface area contributed by atoms with Crippen LogP contribution in [0.1, 0.15) is 27.7 Å². The second-order valence-electron chi connectivity index (χ2n) is 3.87. The van der Waals surface area contributed by atoms with Gasteiger partial charge in [-0.05, 0) is 33.3 Å². The van der Waals surface area contributed by atoms with Gasteiger partial charge in [-0.15, -0.1) is 0 Å². The third kappa shape index (κ3) is 8.11. The summed E-state index contributed by atoms with van der Waals surface area (Å²) in [7, 11) is 0. The Labute approximate surface area is 114 Å². The fourth-order valence-corrected chi connectivity index (χ4v) is 1.11. The van der Waals surface area contributed by atoms with Crippen molar-refractivity contribution >= 4 is 11.8 Å². The highest BCUT2D eigenvalue weighted by atomic mass is 16.5. The monoisotopic (exact) mass is 266 g/mol. The molecule has 0 spiro atoms. The zero-order chi connectivity index (χ0) is 14.7. The molecule has 0 bridgehead atoms. The molecular formula is C15H22O4. The molecule has 0 radical (unpaired) electrons. The van der Waals surface area contributed by atoms with E-state index in [-0.39, 0.29) is 18.4 Å². The maximum Gasteiger partial charge on any atom is 0.333 e. The number of ether oxygens (including phenoxy) is 2. The first kappa shape index (κ1) is 17.3. The Morgan fingerprint density at radius 2 is 1.53 bits per heavy atom. The van der Waals surface area contributed by atoms with E-state index in [4.69, 9.17) is 9.47 Å². The first-order chi connectivity index (χ1) is 9.02. The van der Waals surface area contributed by atoms with E-state index >= 15 is 0 Å². The van der Waals surface area contributed by atoms with Gasteiger partial charge in [0.1, 0.15) is 6.61 Å². The van der Waals surface area contributed by atoms with E-state index in [0.717, 1.165) is 0 Å². The van der Waals surface area contributed by atoms with Crippen LogP contribution in [0.5, 0.6) is 0 Å². The molecule has 0 aliphatic rings. The lowest BCUT2D eigenvalue weighted by molar-refractivity contribution is -0.138. The highest BCUT2D eigenvalue weighted by Crippen LogP contribution is 1.99. The van der Waals surface area contributed by atoms with Gasteiger partial charge in [-0.2, -0.15) is 0 Å². The van der Waals surface area contributed by atoms with Gasteiger partial charge in [0.15, 0.2) is 5.78 Å². The van der Waals surface area contributed by atoms with Crippen molar-refractivity contribution in [2.24, 2.45) is 0 Å². The van der Waals surface area contributed by atoms with Crippen molar-refractivity contribution in [3.05, 3.63) is 35.5 Å². The van der Waals surface area contributed by atoms with Gasteiger partial charge in [0.25, 0.3) is 0 Å². The molecule has 0 saturated heterocycles. The lowest BCUT2D eigenvalue weighted by atomic mass is 10.2. The molecule has 0 atom stereocenters. The minimum Gasteiger partial charge on any atom is -0.463 e. The zero-order valence-electron chi connectivity index (χ0n) is 12.1. The van der Waals surface area contributed by atoms with E-state index in [1.165, 1.54) is 0 Å². The van der Waals surface area contributed by atoms with Crippen LogP contribution in [-0.2, 0) is 19.1 Å². The molecule has 0 aromatic carbocycles. The van der Waals surface area contributed by atoms with Crippen molar-refractivity contribution in [2.45, 2.75) is 27.7 Å². The summed E-state index contributed by atoms with van der Waals surface area (Å²) in [5, 5.41) is 0. The Morgan fingerprint density at radius 1 is 0.947 bits per heavy atom. The molecule has 0 fully saturated rings. The van der Waals surface area contributed by atoms with E-state index in [2.05, 4.69) is 0 Å². The second-order valence-corrected chi connectivity index (χ2v) is 3.87. The molecule has 0 aromatic rings. The predicted molar refractivity (Wildman–Crippen MR) is 74.8 cm³/mol. The Kier molecular flexibility index (Phi) is 9.35. The van der Waals surface area contributed by atoms with E-state index in [9.17, 15) is 9.59 Å². The van der Waals surface area contributed by atoms with Crippen molar-refractivity contribution in [1.82, 2.24) is 0 Å². The van der Waals surface area contributed by atoms with Crippen molar-refractivity contribution in [2.75, 3.05) is 19.8 Å². The quantitative estimate of drug-likeness (QED) is 0.385. The van der Waals surface area contributed by atoms with Crippen LogP contribution in [0.2, 0.25) is 0 Å². The Hall–Kier alpha value is -1.68. The van der Waals surface area contributed by atoms with Gasteiger partial charge in [0, 0.05) is 12.2 Å². The van der Waals surface area contributed by atoms with Crippen molar-refractivity contribution in [3.8, 4) is 0 Å². The smallest absolute Gasteiger partial charge is 0.333 e. The first-order valence-electron chi connectivity index (χ1n) is 6.32. The molecule has 0 heterocycles. The van der Waals surface area contributed by atoms with E-state index in [1.807, 2.05) is 6.92 Å². The zero-order valence-corrected chi connectivity index (χ0v) is 12.1. The number of carbonyl (C=O) groups is 2. The number of Topliss-reactive ketones (excluding diaryl/α,β-unsaturated/α-hetero) is 1. The van der Waals surface area contributed by atoms with E-state index in [1.54, 1.807) is 45.1 Å². The van der Waals surface area contributed by atoms with Gasteiger partial charge in [0.2, 0.25) is 0 Å². The fraction of sp³-hybridized carbons (Fsp3) is 0.467. The summed E-state index contributed by atoms with van der Waals surface area (Å²) in [5.41, 5.74) is 1.14. The number of esters is 1. The standard InChI is InChI=1S/C15H22O4/c1-5-18-11-14(16)12(3)9-7-8-10-13(4)15(17)19-6-2/h7-10H,5-6,11H2,1-4H3. The molecule has 0 amide bonds. The van der Waals surface area contributed by atoms with Gasteiger partial charge in [-0.25, -0.2) is 4.79 Å². The number of allylic oxidation sites excluding steroid dienone is 4. The number of carbonyl (C=O) groups excluding carboxylic acids is 2. The van der Waals surface area contributed by atoms with Crippen LogP contribution in [-0.4, -0.2) is 31.6 Å². The van der Waals surface area contributed by atoms with E-state index < -0.39 is 0 Å². The molecule has 0 aromatic heterocycles. The Bertz CT molecular complexity index is 389. The number of hydrogen-bond acceptors (Lipinski definition) is 4. The largest absolute Gasteiger partial charge is 0.463 e. The minimum absolute atomic E-state index is 0.0439. The molecule has 0 rings (SSSR count). The molecular weight excluding hydrogens is 244 g/mol. The van der Waals surface area contributed by atoms with Crippen LogP contribution in [0.25, 0.3) is 0 Å². The summed E-state index contributed by atoms with van der Waals surface area (Å²) in [6.45, 7) is 8.00. The van der Waals surface area contributed by atoms with Crippen LogP contribution in [0.4, 0.5) is 0 Å². The fourth-order valence-electron chi connectivity index (χ4n) is 1.11. The average Bonchev–Trinajstić information content (AvgIpc) is 2.40. The van der Waals surface area contributed by atoms with E-state index in [0.29, 0.717) is 24.4 Å². The number of rotatable bonds is 8. The van der Waals surface area contributed by atoms with Gasteiger partial charge < -0.3 is 9.47 Å². The molecule has 4 heteroatoms. The maximum absolute atomic E-state index is 11.5. The third-order valence-corrected chi connectivity index (χ3v) is 2.28. The second kappa shape index (κ2) is 10.3. The van der Waals surface area contributed by atoms with Crippen LogP contribution < -0.4 is 0 Å². The summed E-state index contributed by atoms with van der Waals surface area (Å²) in [4.78, 5) is 22.8. The highest BCUT2D eigenvalue weighted by molar-refractivity contribution is 5.96. The lowest BCUT2D eigenvalue weighted by Crippen LogP contribution is -2.09. The van der Waals surface area contributed by atoms with Crippen molar-refractivity contribution in [1.29, 1.82) is 0 Å². The molecule has 0 N–H and O–H groups in total. The first-order valence-corrected chi connectivity index (χ1v) is 6.32. The normalized spacial score (nSPS) is 12.8. The third-order valence-electron chi connectivity index (χ3n) is 2.28. The topological polar surface area (TPSA) is 52.6 Å². The van der Waals surface area contributed by atoms with Crippen LogP contribution in [0.3, 0.4) is 0 Å². The summed E-state index contributed by atoms with van der Waals surface area (Å²) in [6.07, 6.45) is 6.75. The Balaban J connectivity index is 4.37. The molecule has 0 unspecified atom stereocenters. The SMILES string of the molecule is CCOCC(=O)C(C)=CC=CC=C(C)C(=O)OCC. The molecule has 19 heavy (non-hydrogen) atoms. The molecule has 0 aliphatic heterocycles. The van der Waals surface area contributed by atoms with Gasteiger partial charge in [0.05, 0.1) is 6.61 Å². The summed E-state index contributed by atoms with van der Waals surface area (Å²) in [5.74, 6) is -0.377. The molecule has 0 aliphatic carbocycles. The summed E-state index contributed by atoms with van der Waals surface area (Å²) in [6, 6.07) is 0. The number of hydrogen-bond donors (Lipinski definition) is 0. The highest BCUT2D eigenvalue weighted by Gasteiger charge is 2.03. The maximum atomic E-state index is 11.5. The van der Waals surface area contributed by atoms with Gasteiger partial charge >= 0.3 is 5.97 Å². The average molecular weight is 266 g/mol. The Morgan fingerprint density at radius 3 is 2.05 bits per heavy atom. The van der Waals surface area contributed by atoms with Crippen LogP contribution in [0.15, 0.2) is 35.5 Å². The summed E-state index contributed by atoms with van der Waals surface area (Å²) >= 11 is 0.